The van der Waals surface area contributed by atoms with Crippen molar-refractivity contribution in [1.82, 2.24) is 0 Å². The van der Waals surface area contributed by atoms with Gasteiger partial charge in [0.15, 0.2) is 5.78 Å². The molecule has 0 spiro atoms. The Balaban J connectivity index is 1.92. The lowest BCUT2D eigenvalue weighted by atomic mass is 9.65. The van der Waals surface area contributed by atoms with Gasteiger partial charge in [-0.25, -0.2) is 0 Å². The monoisotopic (exact) mass is 360 g/mol. The van der Waals surface area contributed by atoms with Gasteiger partial charge in [0.25, 0.3) is 0 Å². The Morgan fingerprint density at radius 2 is 1.92 bits per heavy atom. The lowest BCUT2D eigenvalue weighted by molar-refractivity contribution is -0.315. The predicted molar refractivity (Wildman–Crippen MR) is 96.8 cm³/mol. The summed E-state index contributed by atoms with van der Waals surface area (Å²) in [5.74, 6) is -0.856. The Bertz CT molecular complexity index is 766. The van der Waals surface area contributed by atoms with Gasteiger partial charge in [-0.3, -0.25) is 4.79 Å². The third kappa shape index (κ3) is 2.43. The minimum absolute atomic E-state index is 0.0168. The number of carbonyl (C=O) groups excluding carboxylic acids is 1. The molecule has 0 amide bonds. The molecular formula is C21H28O5. The zero-order chi connectivity index (χ0) is 18.9. The maximum absolute atomic E-state index is 12.8. The minimum Gasteiger partial charge on any atom is -0.507 e. The molecule has 2 N–H and O–H groups in total. The summed E-state index contributed by atoms with van der Waals surface area (Å²) in [7, 11) is 0. The van der Waals surface area contributed by atoms with Gasteiger partial charge in [-0.15, -0.1) is 0 Å². The highest BCUT2D eigenvalue weighted by molar-refractivity contribution is 6.03. The SMILES string of the molecule is CC(C)C(=O)c1c(O)cc(O)c2c1OC13CCCC2C1CCC(C)(C)O3. The van der Waals surface area contributed by atoms with Crippen molar-refractivity contribution in [2.45, 2.75) is 77.1 Å². The molecule has 4 rings (SSSR count). The van der Waals surface area contributed by atoms with E-state index in [1.54, 1.807) is 13.8 Å². The second-order valence-corrected chi connectivity index (χ2v) is 8.97. The van der Waals surface area contributed by atoms with E-state index in [0.717, 1.165) is 32.1 Å². The first-order valence-corrected chi connectivity index (χ1v) is 9.67. The zero-order valence-electron chi connectivity index (χ0n) is 16.0. The summed E-state index contributed by atoms with van der Waals surface area (Å²) in [4.78, 5) is 12.8. The first kappa shape index (κ1) is 17.7. The molecule has 2 aliphatic heterocycles. The quantitative estimate of drug-likeness (QED) is 0.760. The second kappa shape index (κ2) is 5.62. The number of Topliss-reactive ketones (excluding diaryl/α,β-unsaturated/α-hetero) is 1. The Morgan fingerprint density at radius 3 is 2.62 bits per heavy atom. The van der Waals surface area contributed by atoms with E-state index in [9.17, 15) is 15.0 Å². The molecule has 2 fully saturated rings. The second-order valence-electron chi connectivity index (χ2n) is 8.97. The van der Waals surface area contributed by atoms with E-state index in [-0.39, 0.29) is 46.2 Å². The number of fused-ring (bicyclic) bond motifs is 2. The van der Waals surface area contributed by atoms with Gasteiger partial charge in [0.1, 0.15) is 22.8 Å². The normalized spacial score (nSPS) is 31.7. The molecule has 142 valence electrons. The smallest absolute Gasteiger partial charge is 0.214 e. The fourth-order valence-corrected chi connectivity index (χ4v) is 5.13. The molecule has 3 atom stereocenters. The van der Waals surface area contributed by atoms with Crippen LogP contribution in [0.25, 0.3) is 0 Å². The summed E-state index contributed by atoms with van der Waals surface area (Å²) in [5, 5.41) is 21.0. The number of hydrogen-bond acceptors (Lipinski definition) is 5. The lowest BCUT2D eigenvalue weighted by Gasteiger charge is -2.57. The van der Waals surface area contributed by atoms with Crippen molar-refractivity contribution in [3.63, 3.8) is 0 Å². The average Bonchev–Trinajstić information content (AvgIpc) is 2.51. The molecule has 1 aromatic carbocycles. The highest BCUT2D eigenvalue weighted by Crippen LogP contribution is 2.61. The first-order valence-electron chi connectivity index (χ1n) is 9.67. The van der Waals surface area contributed by atoms with Crippen LogP contribution in [0.15, 0.2) is 6.07 Å². The van der Waals surface area contributed by atoms with E-state index < -0.39 is 5.79 Å². The minimum atomic E-state index is -0.774. The van der Waals surface area contributed by atoms with Crippen molar-refractivity contribution >= 4 is 5.78 Å². The van der Waals surface area contributed by atoms with Crippen LogP contribution in [0.1, 0.15) is 81.6 Å². The third-order valence-electron chi connectivity index (χ3n) is 6.29. The van der Waals surface area contributed by atoms with Gasteiger partial charge >= 0.3 is 0 Å². The molecule has 5 nitrogen and oxygen atoms in total. The van der Waals surface area contributed by atoms with Crippen LogP contribution < -0.4 is 4.74 Å². The van der Waals surface area contributed by atoms with Crippen molar-refractivity contribution in [1.29, 1.82) is 0 Å². The van der Waals surface area contributed by atoms with Crippen molar-refractivity contribution in [2.75, 3.05) is 0 Å². The van der Waals surface area contributed by atoms with E-state index in [0.29, 0.717) is 11.3 Å². The topological polar surface area (TPSA) is 76.0 Å². The summed E-state index contributed by atoms with van der Waals surface area (Å²) < 4.78 is 12.9. The molecule has 3 aliphatic rings. The van der Waals surface area contributed by atoms with E-state index in [1.165, 1.54) is 6.07 Å². The number of phenols is 2. The fraction of sp³-hybridized carbons (Fsp3) is 0.667. The molecule has 2 heterocycles. The molecule has 2 bridgehead atoms. The summed E-state index contributed by atoms with van der Waals surface area (Å²) in [5.41, 5.74) is 0.566. The van der Waals surface area contributed by atoms with E-state index in [2.05, 4.69) is 13.8 Å². The van der Waals surface area contributed by atoms with Crippen LogP contribution in [0.2, 0.25) is 0 Å². The van der Waals surface area contributed by atoms with Gasteiger partial charge in [0.05, 0.1) is 5.60 Å². The molecule has 1 saturated heterocycles. The van der Waals surface area contributed by atoms with Crippen LogP contribution in [-0.2, 0) is 4.74 Å². The third-order valence-corrected chi connectivity index (χ3v) is 6.29. The zero-order valence-corrected chi connectivity index (χ0v) is 16.0. The molecule has 0 radical (unpaired) electrons. The summed E-state index contributed by atoms with van der Waals surface area (Å²) in [6.45, 7) is 7.74. The molecule has 3 unspecified atom stereocenters. The number of carbonyl (C=O) groups is 1. The molecule has 1 aliphatic carbocycles. The van der Waals surface area contributed by atoms with Crippen LogP contribution in [-0.4, -0.2) is 27.4 Å². The van der Waals surface area contributed by atoms with Crippen LogP contribution in [0, 0.1) is 11.8 Å². The van der Waals surface area contributed by atoms with Gasteiger partial charge in [-0.05, 0) is 39.5 Å². The Kier molecular flexibility index (Phi) is 3.82. The van der Waals surface area contributed by atoms with Gasteiger partial charge in [0, 0.05) is 35.8 Å². The number of ether oxygens (including phenoxy) is 2. The summed E-state index contributed by atoms with van der Waals surface area (Å²) in [6, 6.07) is 1.30. The van der Waals surface area contributed by atoms with Crippen LogP contribution in [0.3, 0.4) is 0 Å². The molecular weight excluding hydrogens is 332 g/mol. The van der Waals surface area contributed by atoms with Crippen molar-refractivity contribution in [3.05, 3.63) is 17.2 Å². The lowest BCUT2D eigenvalue weighted by Crippen LogP contribution is -2.60. The van der Waals surface area contributed by atoms with Gasteiger partial charge in [-0.1, -0.05) is 13.8 Å². The fourth-order valence-electron chi connectivity index (χ4n) is 5.13. The van der Waals surface area contributed by atoms with Gasteiger partial charge in [0.2, 0.25) is 5.79 Å². The standard InChI is InChI=1S/C21H28O5/c1-11(2)18(24)17-15(23)10-14(22)16-12-6-5-8-21(25-19(16)17)13(12)7-9-20(3,4)26-21/h10-13,22-23H,5-9H2,1-4H3. The molecule has 1 aromatic rings. The Morgan fingerprint density at radius 1 is 1.19 bits per heavy atom. The molecule has 26 heavy (non-hydrogen) atoms. The van der Waals surface area contributed by atoms with E-state index >= 15 is 0 Å². The molecule has 5 heteroatoms. The number of aromatic hydroxyl groups is 2. The van der Waals surface area contributed by atoms with Crippen molar-refractivity contribution < 1.29 is 24.5 Å². The van der Waals surface area contributed by atoms with Crippen LogP contribution >= 0.6 is 0 Å². The van der Waals surface area contributed by atoms with Crippen molar-refractivity contribution in [2.24, 2.45) is 11.8 Å². The maximum atomic E-state index is 12.8. The first-order chi connectivity index (χ1) is 12.2. The number of benzene rings is 1. The maximum Gasteiger partial charge on any atom is 0.214 e. The van der Waals surface area contributed by atoms with Crippen LogP contribution in [0.5, 0.6) is 17.2 Å². The van der Waals surface area contributed by atoms with Crippen LogP contribution in [0.4, 0.5) is 0 Å². The van der Waals surface area contributed by atoms with Crippen molar-refractivity contribution in [3.8, 4) is 17.2 Å². The number of ketones is 1. The largest absolute Gasteiger partial charge is 0.507 e. The molecule has 0 aromatic heterocycles. The van der Waals surface area contributed by atoms with E-state index in [4.69, 9.17) is 9.47 Å². The Hall–Kier alpha value is -1.75. The number of hydrogen-bond donors (Lipinski definition) is 2. The summed E-state index contributed by atoms with van der Waals surface area (Å²) in [6.07, 6.45) is 4.55. The predicted octanol–water partition coefficient (Wildman–Crippen LogP) is 4.50. The van der Waals surface area contributed by atoms with Gasteiger partial charge in [-0.2, -0.15) is 0 Å². The highest BCUT2D eigenvalue weighted by atomic mass is 16.7. The Labute approximate surface area is 154 Å². The van der Waals surface area contributed by atoms with Gasteiger partial charge < -0.3 is 19.7 Å². The number of rotatable bonds is 2. The molecule has 1 saturated carbocycles. The summed E-state index contributed by atoms with van der Waals surface area (Å²) >= 11 is 0. The average molecular weight is 360 g/mol. The number of phenolic OH excluding ortho intramolecular Hbond substituents is 2. The van der Waals surface area contributed by atoms with E-state index in [1.807, 2.05) is 0 Å². The highest BCUT2D eigenvalue weighted by Gasteiger charge is 2.59.